The highest BCUT2D eigenvalue weighted by Gasteiger charge is 2.23. The number of aryl methyl sites for hydroxylation is 2. The second kappa shape index (κ2) is 5.97. The largest absolute Gasteiger partial charge is 0.378 e. The number of aromatic nitrogens is 1. The zero-order valence-corrected chi connectivity index (χ0v) is 13.4. The summed E-state index contributed by atoms with van der Waals surface area (Å²) >= 11 is 0. The molecule has 1 aliphatic heterocycles. The topological polar surface area (TPSA) is 34.5 Å². The Morgan fingerprint density at radius 1 is 1.09 bits per heavy atom. The lowest BCUT2D eigenvalue weighted by Gasteiger charge is -2.26. The number of ether oxygens (including phenoxy) is 1. The van der Waals surface area contributed by atoms with Crippen LogP contribution >= 0.6 is 0 Å². The lowest BCUT2D eigenvalue weighted by molar-refractivity contribution is 0.0302. The molecule has 3 rings (SSSR count). The molecular weight excluding hydrogens is 276 g/mol. The van der Waals surface area contributed by atoms with Gasteiger partial charge in [-0.05, 0) is 38.5 Å². The first-order valence-corrected chi connectivity index (χ1v) is 7.71. The summed E-state index contributed by atoms with van der Waals surface area (Å²) in [6.07, 6.45) is 0. The van der Waals surface area contributed by atoms with E-state index in [2.05, 4.69) is 30.5 Å². The molecule has 0 radical (unpaired) electrons. The van der Waals surface area contributed by atoms with Gasteiger partial charge in [-0.15, -0.1) is 0 Å². The molecule has 0 bridgehead atoms. The number of hydrogen-bond acceptors (Lipinski definition) is 2. The molecule has 22 heavy (non-hydrogen) atoms. The molecule has 1 saturated heterocycles. The minimum atomic E-state index is 0.108. The Balaban J connectivity index is 2.00. The second-order valence-electron chi connectivity index (χ2n) is 5.81. The van der Waals surface area contributed by atoms with Gasteiger partial charge in [0.15, 0.2) is 0 Å². The van der Waals surface area contributed by atoms with Crippen molar-refractivity contribution in [2.45, 2.75) is 20.8 Å². The Hall–Kier alpha value is -2.07. The van der Waals surface area contributed by atoms with Crippen LogP contribution in [0.15, 0.2) is 30.3 Å². The highest BCUT2D eigenvalue weighted by atomic mass is 16.5. The van der Waals surface area contributed by atoms with Crippen LogP contribution in [0.5, 0.6) is 0 Å². The van der Waals surface area contributed by atoms with Crippen molar-refractivity contribution >= 4 is 5.91 Å². The number of para-hydroxylation sites is 1. The van der Waals surface area contributed by atoms with Crippen LogP contribution < -0.4 is 0 Å². The summed E-state index contributed by atoms with van der Waals surface area (Å²) in [6.45, 7) is 8.77. The van der Waals surface area contributed by atoms with Crippen LogP contribution in [-0.4, -0.2) is 41.7 Å². The van der Waals surface area contributed by atoms with Crippen molar-refractivity contribution in [3.8, 4) is 5.69 Å². The van der Waals surface area contributed by atoms with Crippen LogP contribution in [0.3, 0.4) is 0 Å². The minimum absolute atomic E-state index is 0.108. The van der Waals surface area contributed by atoms with Crippen LogP contribution in [0.2, 0.25) is 0 Å². The van der Waals surface area contributed by atoms with E-state index >= 15 is 0 Å². The number of amides is 1. The highest BCUT2D eigenvalue weighted by molar-refractivity contribution is 5.96. The fourth-order valence-electron chi connectivity index (χ4n) is 3.10. The first-order valence-electron chi connectivity index (χ1n) is 7.71. The van der Waals surface area contributed by atoms with Gasteiger partial charge in [-0.2, -0.15) is 0 Å². The molecule has 0 spiro atoms. The number of morpholine rings is 1. The van der Waals surface area contributed by atoms with Crippen LogP contribution in [0.4, 0.5) is 0 Å². The molecule has 0 aliphatic carbocycles. The van der Waals surface area contributed by atoms with Crippen LogP contribution in [-0.2, 0) is 4.74 Å². The summed E-state index contributed by atoms with van der Waals surface area (Å²) in [5.74, 6) is 0.108. The lowest BCUT2D eigenvalue weighted by atomic mass is 10.2. The van der Waals surface area contributed by atoms with Gasteiger partial charge in [-0.3, -0.25) is 4.79 Å². The summed E-state index contributed by atoms with van der Waals surface area (Å²) in [5, 5.41) is 0. The molecule has 2 heterocycles. The van der Waals surface area contributed by atoms with Crippen molar-refractivity contribution < 1.29 is 9.53 Å². The van der Waals surface area contributed by atoms with Gasteiger partial charge in [0, 0.05) is 30.2 Å². The van der Waals surface area contributed by atoms with Gasteiger partial charge in [0.05, 0.1) is 18.8 Å². The fourth-order valence-corrected chi connectivity index (χ4v) is 3.10. The van der Waals surface area contributed by atoms with E-state index in [0.717, 1.165) is 22.6 Å². The maximum Gasteiger partial charge on any atom is 0.255 e. The molecule has 0 atom stereocenters. The molecule has 1 aromatic heterocycles. The van der Waals surface area contributed by atoms with Gasteiger partial charge >= 0.3 is 0 Å². The normalized spacial score (nSPS) is 15.1. The summed E-state index contributed by atoms with van der Waals surface area (Å²) in [4.78, 5) is 14.6. The molecule has 1 amide bonds. The molecule has 0 unspecified atom stereocenters. The first kappa shape index (κ1) is 14.9. The smallest absolute Gasteiger partial charge is 0.255 e. The monoisotopic (exact) mass is 298 g/mol. The third kappa shape index (κ3) is 2.55. The van der Waals surface area contributed by atoms with E-state index in [4.69, 9.17) is 4.74 Å². The van der Waals surface area contributed by atoms with Crippen molar-refractivity contribution in [3.05, 3.63) is 52.8 Å². The molecule has 1 aromatic carbocycles. The molecule has 116 valence electrons. The molecule has 4 heteroatoms. The van der Waals surface area contributed by atoms with Gasteiger partial charge in [0.1, 0.15) is 0 Å². The van der Waals surface area contributed by atoms with Gasteiger partial charge < -0.3 is 14.2 Å². The molecule has 1 aliphatic rings. The van der Waals surface area contributed by atoms with E-state index in [-0.39, 0.29) is 5.91 Å². The fraction of sp³-hybridized carbons (Fsp3) is 0.389. The van der Waals surface area contributed by atoms with Gasteiger partial charge in [-0.1, -0.05) is 18.2 Å². The molecular formula is C18H22N2O2. The third-order valence-corrected chi connectivity index (χ3v) is 4.32. The molecule has 0 saturated carbocycles. The van der Waals surface area contributed by atoms with E-state index in [1.165, 1.54) is 5.56 Å². The van der Waals surface area contributed by atoms with E-state index in [1.54, 1.807) is 0 Å². The Bertz CT molecular complexity index is 697. The number of nitrogens with zero attached hydrogens (tertiary/aromatic N) is 2. The summed E-state index contributed by atoms with van der Waals surface area (Å²) in [6, 6.07) is 10.3. The Labute approximate surface area is 131 Å². The Morgan fingerprint density at radius 2 is 1.77 bits per heavy atom. The number of carbonyl (C=O) groups excluding carboxylic acids is 1. The van der Waals surface area contributed by atoms with Crippen molar-refractivity contribution in [1.29, 1.82) is 0 Å². The summed E-state index contributed by atoms with van der Waals surface area (Å²) in [5.41, 5.74) is 5.22. The van der Waals surface area contributed by atoms with Crippen molar-refractivity contribution in [1.82, 2.24) is 9.47 Å². The maximum absolute atomic E-state index is 12.8. The van der Waals surface area contributed by atoms with E-state index in [0.29, 0.717) is 26.3 Å². The first-order chi connectivity index (χ1) is 10.6. The number of hydrogen-bond donors (Lipinski definition) is 0. The quantitative estimate of drug-likeness (QED) is 0.854. The van der Waals surface area contributed by atoms with Gasteiger partial charge in [-0.25, -0.2) is 0 Å². The standard InChI is InChI=1S/C18H22N2O2/c1-13-6-4-5-7-17(13)20-14(2)12-16(15(20)3)18(21)19-8-10-22-11-9-19/h4-7,12H,8-11H2,1-3H3. The van der Waals surface area contributed by atoms with Crippen molar-refractivity contribution in [3.63, 3.8) is 0 Å². The zero-order chi connectivity index (χ0) is 15.7. The maximum atomic E-state index is 12.8. The number of rotatable bonds is 2. The molecule has 4 nitrogen and oxygen atoms in total. The van der Waals surface area contributed by atoms with Crippen molar-refractivity contribution in [2.75, 3.05) is 26.3 Å². The van der Waals surface area contributed by atoms with E-state index < -0.39 is 0 Å². The Kier molecular flexibility index (Phi) is 4.03. The zero-order valence-electron chi connectivity index (χ0n) is 13.4. The van der Waals surface area contributed by atoms with E-state index in [1.807, 2.05) is 30.0 Å². The predicted molar refractivity (Wildman–Crippen MR) is 86.7 cm³/mol. The molecule has 1 fully saturated rings. The SMILES string of the molecule is Cc1ccccc1-n1c(C)cc(C(=O)N2CCOCC2)c1C. The van der Waals surface area contributed by atoms with Crippen LogP contribution in [0, 0.1) is 20.8 Å². The average molecular weight is 298 g/mol. The van der Waals surface area contributed by atoms with Crippen molar-refractivity contribution in [2.24, 2.45) is 0 Å². The van der Waals surface area contributed by atoms with Gasteiger partial charge in [0.2, 0.25) is 0 Å². The number of carbonyl (C=O) groups is 1. The lowest BCUT2D eigenvalue weighted by Crippen LogP contribution is -2.40. The predicted octanol–water partition coefficient (Wildman–Crippen LogP) is 2.87. The third-order valence-electron chi connectivity index (χ3n) is 4.32. The minimum Gasteiger partial charge on any atom is -0.378 e. The van der Waals surface area contributed by atoms with E-state index in [9.17, 15) is 4.79 Å². The average Bonchev–Trinajstić information content (AvgIpc) is 2.83. The second-order valence-corrected chi connectivity index (χ2v) is 5.81. The van der Waals surface area contributed by atoms with Gasteiger partial charge in [0.25, 0.3) is 5.91 Å². The molecule has 2 aromatic rings. The Morgan fingerprint density at radius 3 is 2.45 bits per heavy atom. The number of benzene rings is 1. The highest BCUT2D eigenvalue weighted by Crippen LogP contribution is 2.24. The summed E-state index contributed by atoms with van der Waals surface area (Å²) < 4.78 is 7.50. The van der Waals surface area contributed by atoms with Crippen LogP contribution in [0.1, 0.15) is 27.3 Å². The molecule has 0 N–H and O–H groups in total. The summed E-state index contributed by atoms with van der Waals surface area (Å²) in [7, 11) is 0. The van der Waals surface area contributed by atoms with Crippen LogP contribution in [0.25, 0.3) is 5.69 Å².